The van der Waals surface area contributed by atoms with E-state index < -0.39 is 5.97 Å². The first kappa shape index (κ1) is 18.4. The summed E-state index contributed by atoms with van der Waals surface area (Å²) in [7, 11) is 0. The van der Waals surface area contributed by atoms with Crippen LogP contribution < -0.4 is 4.90 Å². The molecule has 0 fully saturated rings. The molecule has 1 amide bonds. The predicted molar refractivity (Wildman–Crippen MR) is 110 cm³/mol. The molecule has 2 heterocycles. The van der Waals surface area contributed by atoms with Crippen molar-refractivity contribution in [1.82, 2.24) is 4.98 Å². The molecule has 1 aliphatic heterocycles. The maximum Gasteiger partial charge on any atom is 0.338 e. The SMILES string of the molecule is Cc1ccc(C(=O)OCC(=O)N2CCc3cc(-c4csc(C)n4)ccc32)cc1. The molecule has 6 heteroatoms. The van der Waals surface area contributed by atoms with Gasteiger partial charge in [-0.25, -0.2) is 9.78 Å². The number of hydrogen-bond acceptors (Lipinski definition) is 5. The van der Waals surface area contributed by atoms with Crippen LogP contribution in [0.5, 0.6) is 0 Å². The molecule has 0 bridgehead atoms. The summed E-state index contributed by atoms with van der Waals surface area (Å²) in [5, 5.41) is 3.07. The first-order valence-corrected chi connectivity index (χ1v) is 9.99. The number of ether oxygens (including phenoxy) is 1. The Labute approximate surface area is 167 Å². The number of fused-ring (bicyclic) bond motifs is 1. The molecule has 0 atom stereocenters. The Morgan fingerprint density at radius 3 is 2.64 bits per heavy atom. The lowest BCUT2D eigenvalue weighted by atomic mass is 10.1. The second-order valence-corrected chi connectivity index (χ2v) is 7.90. The van der Waals surface area contributed by atoms with Gasteiger partial charge in [0.25, 0.3) is 5.91 Å². The van der Waals surface area contributed by atoms with E-state index in [1.807, 2.05) is 43.5 Å². The van der Waals surface area contributed by atoms with Gasteiger partial charge < -0.3 is 9.64 Å². The van der Waals surface area contributed by atoms with Gasteiger partial charge in [-0.15, -0.1) is 11.3 Å². The Bertz CT molecular complexity index is 1040. The predicted octanol–water partition coefficient (Wildman–Crippen LogP) is 4.17. The van der Waals surface area contributed by atoms with Crippen molar-refractivity contribution in [3.05, 3.63) is 69.5 Å². The number of carbonyl (C=O) groups excluding carboxylic acids is 2. The van der Waals surface area contributed by atoms with E-state index in [9.17, 15) is 9.59 Å². The third-order valence-electron chi connectivity index (χ3n) is 4.80. The van der Waals surface area contributed by atoms with E-state index >= 15 is 0 Å². The summed E-state index contributed by atoms with van der Waals surface area (Å²) in [5.74, 6) is -0.696. The van der Waals surface area contributed by atoms with E-state index in [0.29, 0.717) is 12.1 Å². The van der Waals surface area contributed by atoms with Crippen LogP contribution in [0.25, 0.3) is 11.3 Å². The smallest absolute Gasteiger partial charge is 0.338 e. The molecule has 142 valence electrons. The van der Waals surface area contributed by atoms with Gasteiger partial charge in [0.15, 0.2) is 6.61 Å². The van der Waals surface area contributed by atoms with Crippen LogP contribution >= 0.6 is 11.3 Å². The monoisotopic (exact) mass is 392 g/mol. The first-order chi connectivity index (χ1) is 13.5. The molecule has 0 N–H and O–H groups in total. The third-order valence-corrected chi connectivity index (χ3v) is 5.58. The van der Waals surface area contributed by atoms with Gasteiger partial charge in [-0.2, -0.15) is 0 Å². The number of anilines is 1. The zero-order chi connectivity index (χ0) is 19.7. The molecule has 4 rings (SSSR count). The Balaban J connectivity index is 1.43. The van der Waals surface area contributed by atoms with Gasteiger partial charge >= 0.3 is 5.97 Å². The fourth-order valence-corrected chi connectivity index (χ4v) is 3.92. The van der Waals surface area contributed by atoms with Gasteiger partial charge in [0.2, 0.25) is 0 Å². The number of benzene rings is 2. The topological polar surface area (TPSA) is 59.5 Å². The van der Waals surface area contributed by atoms with Crippen molar-refractivity contribution >= 4 is 28.9 Å². The Morgan fingerprint density at radius 1 is 1.14 bits per heavy atom. The largest absolute Gasteiger partial charge is 0.452 e. The van der Waals surface area contributed by atoms with E-state index in [1.165, 1.54) is 0 Å². The number of aryl methyl sites for hydroxylation is 2. The lowest BCUT2D eigenvalue weighted by Gasteiger charge is -2.17. The van der Waals surface area contributed by atoms with Gasteiger partial charge in [0, 0.05) is 23.2 Å². The molecular formula is C22H20N2O3S. The van der Waals surface area contributed by atoms with E-state index in [2.05, 4.69) is 11.1 Å². The first-order valence-electron chi connectivity index (χ1n) is 9.11. The van der Waals surface area contributed by atoms with Crippen molar-refractivity contribution in [1.29, 1.82) is 0 Å². The summed E-state index contributed by atoms with van der Waals surface area (Å²) < 4.78 is 5.21. The van der Waals surface area contributed by atoms with Gasteiger partial charge in [-0.1, -0.05) is 23.8 Å². The number of amides is 1. The number of rotatable bonds is 4. The molecule has 0 spiro atoms. The molecule has 0 unspecified atom stereocenters. The van der Waals surface area contributed by atoms with E-state index in [-0.39, 0.29) is 12.5 Å². The fraction of sp³-hybridized carbons (Fsp3) is 0.227. The maximum absolute atomic E-state index is 12.6. The minimum atomic E-state index is -0.484. The van der Waals surface area contributed by atoms with Crippen LogP contribution in [0.15, 0.2) is 47.8 Å². The molecule has 2 aromatic carbocycles. The molecule has 0 aliphatic carbocycles. The van der Waals surface area contributed by atoms with Gasteiger partial charge in [-0.3, -0.25) is 4.79 Å². The number of nitrogens with zero attached hydrogens (tertiary/aromatic N) is 2. The molecular weight excluding hydrogens is 372 g/mol. The third kappa shape index (κ3) is 3.68. The van der Waals surface area contributed by atoms with Crippen LogP contribution in [0, 0.1) is 13.8 Å². The highest BCUT2D eigenvalue weighted by molar-refractivity contribution is 7.09. The number of hydrogen-bond donors (Lipinski definition) is 0. The molecule has 1 aromatic heterocycles. The van der Waals surface area contributed by atoms with E-state index in [0.717, 1.165) is 39.5 Å². The molecule has 1 aliphatic rings. The number of esters is 1. The van der Waals surface area contributed by atoms with Crippen LogP contribution in [0.3, 0.4) is 0 Å². The van der Waals surface area contributed by atoms with Crippen LogP contribution in [0.4, 0.5) is 5.69 Å². The summed E-state index contributed by atoms with van der Waals surface area (Å²) in [4.78, 5) is 30.9. The van der Waals surface area contributed by atoms with Crippen molar-refractivity contribution in [2.45, 2.75) is 20.3 Å². The van der Waals surface area contributed by atoms with Gasteiger partial charge in [-0.05, 0) is 50.1 Å². The lowest BCUT2D eigenvalue weighted by molar-refractivity contribution is -0.121. The number of aromatic nitrogens is 1. The minimum Gasteiger partial charge on any atom is -0.452 e. The zero-order valence-corrected chi connectivity index (χ0v) is 16.6. The standard InChI is InChI=1S/C22H20N2O3S/c1-14-3-5-16(6-4-14)22(26)27-12-21(25)24-10-9-18-11-17(7-8-20(18)24)19-13-28-15(2)23-19/h3-8,11,13H,9-10,12H2,1-2H3. The molecule has 0 radical (unpaired) electrons. The summed E-state index contributed by atoms with van der Waals surface area (Å²) in [6, 6.07) is 13.1. The lowest BCUT2D eigenvalue weighted by Crippen LogP contribution is -2.33. The zero-order valence-electron chi connectivity index (χ0n) is 15.8. The second-order valence-electron chi connectivity index (χ2n) is 6.83. The highest BCUT2D eigenvalue weighted by atomic mass is 32.1. The Hall–Kier alpha value is -2.99. The Kier molecular flexibility index (Phi) is 4.96. The molecule has 5 nitrogen and oxygen atoms in total. The number of thiazole rings is 1. The van der Waals surface area contributed by atoms with Crippen LogP contribution in [0.1, 0.15) is 26.5 Å². The molecule has 28 heavy (non-hydrogen) atoms. The maximum atomic E-state index is 12.6. The quantitative estimate of drug-likeness (QED) is 0.625. The van der Waals surface area contributed by atoms with Gasteiger partial charge in [0.1, 0.15) is 0 Å². The summed E-state index contributed by atoms with van der Waals surface area (Å²) in [6.07, 6.45) is 0.782. The highest BCUT2D eigenvalue weighted by Gasteiger charge is 2.26. The number of carbonyl (C=O) groups is 2. The minimum absolute atomic E-state index is 0.212. The van der Waals surface area contributed by atoms with Gasteiger partial charge in [0.05, 0.1) is 16.3 Å². The molecule has 0 saturated heterocycles. The van der Waals surface area contributed by atoms with Crippen molar-refractivity contribution < 1.29 is 14.3 Å². The normalized spacial score (nSPS) is 12.7. The summed E-state index contributed by atoms with van der Waals surface area (Å²) in [5.41, 5.74) is 5.52. The van der Waals surface area contributed by atoms with Crippen molar-refractivity contribution in [2.24, 2.45) is 0 Å². The molecule has 3 aromatic rings. The Morgan fingerprint density at radius 2 is 1.93 bits per heavy atom. The van der Waals surface area contributed by atoms with Crippen molar-refractivity contribution in [3.63, 3.8) is 0 Å². The van der Waals surface area contributed by atoms with E-state index in [1.54, 1.807) is 28.4 Å². The second kappa shape index (κ2) is 7.56. The summed E-state index contributed by atoms with van der Waals surface area (Å²) in [6.45, 7) is 4.26. The van der Waals surface area contributed by atoms with Crippen LogP contribution in [-0.2, 0) is 16.0 Å². The summed E-state index contributed by atoms with van der Waals surface area (Å²) >= 11 is 1.62. The molecule has 0 saturated carbocycles. The average molecular weight is 392 g/mol. The highest BCUT2D eigenvalue weighted by Crippen LogP contribution is 2.32. The van der Waals surface area contributed by atoms with Crippen molar-refractivity contribution in [2.75, 3.05) is 18.1 Å². The van der Waals surface area contributed by atoms with E-state index in [4.69, 9.17) is 4.74 Å². The van der Waals surface area contributed by atoms with Crippen LogP contribution in [0.2, 0.25) is 0 Å². The fourth-order valence-electron chi connectivity index (χ4n) is 3.29. The van der Waals surface area contributed by atoms with Crippen molar-refractivity contribution in [3.8, 4) is 11.3 Å². The average Bonchev–Trinajstić information content (AvgIpc) is 3.32. The van der Waals surface area contributed by atoms with Crippen LogP contribution in [-0.4, -0.2) is 30.0 Å².